The van der Waals surface area contributed by atoms with E-state index in [0.29, 0.717) is 32.8 Å². The van der Waals surface area contributed by atoms with E-state index in [1.165, 1.54) is 0 Å². The maximum Gasteiger partial charge on any atom is 0.320 e. The van der Waals surface area contributed by atoms with E-state index in [-0.39, 0.29) is 11.9 Å². The minimum Gasteiger partial charge on any atom is -0.481 e. The quantitative estimate of drug-likeness (QED) is 0.789. The first-order valence-corrected chi connectivity index (χ1v) is 6.26. The van der Waals surface area contributed by atoms with Crippen molar-refractivity contribution in [3.63, 3.8) is 0 Å². The molecule has 6 nitrogen and oxygen atoms in total. The highest BCUT2D eigenvalue weighted by molar-refractivity contribution is 5.77. The topological polar surface area (TPSA) is 70.1 Å². The fourth-order valence-corrected chi connectivity index (χ4v) is 2.23. The highest BCUT2D eigenvalue weighted by Crippen LogP contribution is 2.24. The number of urea groups is 1. The Morgan fingerprint density at radius 2 is 2.11 bits per heavy atom. The van der Waals surface area contributed by atoms with Gasteiger partial charge in [0, 0.05) is 33.3 Å². The largest absolute Gasteiger partial charge is 0.481 e. The summed E-state index contributed by atoms with van der Waals surface area (Å²) >= 11 is 0. The molecule has 18 heavy (non-hydrogen) atoms. The number of carboxylic acids is 1. The third-order valence-corrected chi connectivity index (χ3v) is 3.42. The van der Waals surface area contributed by atoms with Gasteiger partial charge in [-0.1, -0.05) is 6.92 Å². The SMILES string of the molecule is CCN(CCOC)C(=O)N1C[C@@H](C)[C@H](C(=O)O)C1. The fourth-order valence-electron chi connectivity index (χ4n) is 2.23. The van der Waals surface area contributed by atoms with Gasteiger partial charge in [-0.05, 0) is 12.8 Å². The van der Waals surface area contributed by atoms with Gasteiger partial charge < -0.3 is 19.6 Å². The number of aliphatic carboxylic acids is 1. The van der Waals surface area contributed by atoms with Crippen molar-refractivity contribution in [1.29, 1.82) is 0 Å². The van der Waals surface area contributed by atoms with E-state index in [1.807, 2.05) is 13.8 Å². The number of ether oxygens (including phenoxy) is 1. The van der Waals surface area contributed by atoms with Gasteiger partial charge in [-0.2, -0.15) is 0 Å². The second-order valence-electron chi connectivity index (χ2n) is 4.68. The van der Waals surface area contributed by atoms with Gasteiger partial charge in [-0.25, -0.2) is 4.79 Å². The van der Waals surface area contributed by atoms with Crippen LogP contribution in [-0.4, -0.2) is 66.8 Å². The molecule has 6 heteroatoms. The molecule has 0 unspecified atom stereocenters. The Morgan fingerprint density at radius 1 is 1.44 bits per heavy atom. The number of likely N-dealkylation sites (N-methyl/N-ethyl adjacent to an activating group) is 1. The van der Waals surface area contributed by atoms with Gasteiger partial charge in [0.2, 0.25) is 0 Å². The predicted octanol–water partition coefficient (Wildman–Crippen LogP) is 0.727. The maximum atomic E-state index is 12.2. The molecule has 0 aromatic carbocycles. The molecule has 1 aliphatic rings. The van der Waals surface area contributed by atoms with Crippen molar-refractivity contribution in [2.45, 2.75) is 13.8 Å². The third kappa shape index (κ3) is 3.35. The minimum atomic E-state index is -0.822. The average Bonchev–Trinajstić information content (AvgIpc) is 2.72. The molecule has 0 aliphatic carbocycles. The molecule has 0 aromatic rings. The Balaban J connectivity index is 2.59. The summed E-state index contributed by atoms with van der Waals surface area (Å²) in [5, 5.41) is 9.05. The monoisotopic (exact) mass is 258 g/mol. The van der Waals surface area contributed by atoms with Crippen LogP contribution in [0.4, 0.5) is 4.79 Å². The molecule has 0 radical (unpaired) electrons. The van der Waals surface area contributed by atoms with Gasteiger partial charge in [-0.15, -0.1) is 0 Å². The van der Waals surface area contributed by atoms with Gasteiger partial charge in [0.15, 0.2) is 0 Å². The van der Waals surface area contributed by atoms with Crippen molar-refractivity contribution in [1.82, 2.24) is 9.80 Å². The molecule has 0 aromatic heterocycles. The summed E-state index contributed by atoms with van der Waals surface area (Å²) in [6, 6.07) is -0.0925. The first-order chi connectivity index (χ1) is 8.51. The number of carboxylic acid groups (broad SMARTS) is 1. The molecular formula is C12H22N2O4. The zero-order chi connectivity index (χ0) is 13.7. The summed E-state index contributed by atoms with van der Waals surface area (Å²) in [6.07, 6.45) is 0. The van der Waals surface area contributed by atoms with Crippen LogP contribution in [0.5, 0.6) is 0 Å². The molecule has 0 saturated carbocycles. The molecule has 1 rings (SSSR count). The third-order valence-electron chi connectivity index (χ3n) is 3.42. The van der Waals surface area contributed by atoms with Crippen molar-refractivity contribution in [2.24, 2.45) is 11.8 Å². The summed E-state index contributed by atoms with van der Waals surface area (Å²) in [5.74, 6) is -1.26. The smallest absolute Gasteiger partial charge is 0.320 e. The number of nitrogens with zero attached hydrogens (tertiary/aromatic N) is 2. The maximum absolute atomic E-state index is 12.2. The lowest BCUT2D eigenvalue weighted by molar-refractivity contribution is -0.142. The van der Waals surface area contributed by atoms with Crippen LogP contribution in [0.2, 0.25) is 0 Å². The fraction of sp³-hybridized carbons (Fsp3) is 0.833. The molecule has 104 valence electrons. The van der Waals surface area contributed by atoms with E-state index in [9.17, 15) is 9.59 Å². The molecule has 1 saturated heterocycles. The Kier molecular flexibility index (Phi) is 5.40. The number of hydrogen-bond acceptors (Lipinski definition) is 3. The van der Waals surface area contributed by atoms with Crippen LogP contribution in [0.25, 0.3) is 0 Å². The summed E-state index contributed by atoms with van der Waals surface area (Å²) in [6.45, 7) is 6.22. The molecule has 1 heterocycles. The lowest BCUT2D eigenvalue weighted by Gasteiger charge is -2.26. The zero-order valence-electron chi connectivity index (χ0n) is 11.3. The van der Waals surface area contributed by atoms with E-state index >= 15 is 0 Å². The second-order valence-corrected chi connectivity index (χ2v) is 4.68. The van der Waals surface area contributed by atoms with Gasteiger partial charge in [0.05, 0.1) is 12.5 Å². The normalized spacial score (nSPS) is 23.2. The molecule has 1 aliphatic heterocycles. The molecule has 0 bridgehead atoms. The Bertz CT molecular complexity index is 308. The molecular weight excluding hydrogens is 236 g/mol. The summed E-state index contributed by atoms with van der Waals surface area (Å²) in [4.78, 5) is 26.5. The van der Waals surface area contributed by atoms with Crippen LogP contribution in [0.15, 0.2) is 0 Å². The number of likely N-dealkylation sites (tertiary alicyclic amines) is 1. The number of carbonyl (C=O) groups excluding carboxylic acids is 1. The Morgan fingerprint density at radius 3 is 2.56 bits per heavy atom. The second kappa shape index (κ2) is 6.58. The van der Waals surface area contributed by atoms with Gasteiger partial charge in [0.25, 0.3) is 0 Å². The Hall–Kier alpha value is -1.30. The standard InChI is InChI=1S/C12H22N2O4/c1-4-13(5-6-18-3)12(17)14-7-9(2)10(8-14)11(15)16/h9-10H,4-8H2,1-3H3,(H,15,16)/t9-,10-/m1/s1. The summed E-state index contributed by atoms with van der Waals surface area (Å²) in [5.41, 5.74) is 0. The van der Waals surface area contributed by atoms with E-state index in [2.05, 4.69) is 0 Å². The van der Waals surface area contributed by atoms with Crippen LogP contribution in [-0.2, 0) is 9.53 Å². The van der Waals surface area contributed by atoms with Crippen molar-refractivity contribution in [2.75, 3.05) is 39.9 Å². The number of rotatable bonds is 5. The van der Waals surface area contributed by atoms with Crippen molar-refractivity contribution in [3.05, 3.63) is 0 Å². The lowest BCUT2D eigenvalue weighted by Crippen LogP contribution is -2.43. The summed E-state index contributed by atoms with van der Waals surface area (Å²) < 4.78 is 4.96. The molecule has 2 amide bonds. The zero-order valence-corrected chi connectivity index (χ0v) is 11.3. The van der Waals surface area contributed by atoms with Crippen molar-refractivity contribution in [3.8, 4) is 0 Å². The first-order valence-electron chi connectivity index (χ1n) is 6.26. The van der Waals surface area contributed by atoms with E-state index in [1.54, 1.807) is 16.9 Å². The van der Waals surface area contributed by atoms with E-state index < -0.39 is 11.9 Å². The van der Waals surface area contributed by atoms with Gasteiger partial charge >= 0.3 is 12.0 Å². The highest BCUT2D eigenvalue weighted by Gasteiger charge is 2.38. The highest BCUT2D eigenvalue weighted by atomic mass is 16.5. The van der Waals surface area contributed by atoms with Crippen LogP contribution >= 0.6 is 0 Å². The number of methoxy groups -OCH3 is 1. The van der Waals surface area contributed by atoms with Crippen molar-refractivity contribution >= 4 is 12.0 Å². The number of hydrogen-bond donors (Lipinski definition) is 1. The predicted molar refractivity (Wildman–Crippen MR) is 66.4 cm³/mol. The summed E-state index contributed by atoms with van der Waals surface area (Å²) in [7, 11) is 1.59. The first kappa shape index (κ1) is 14.8. The minimum absolute atomic E-state index is 0.00702. The van der Waals surface area contributed by atoms with Gasteiger partial charge in [0.1, 0.15) is 0 Å². The molecule has 2 atom stereocenters. The van der Waals surface area contributed by atoms with E-state index in [4.69, 9.17) is 9.84 Å². The molecule has 0 spiro atoms. The van der Waals surface area contributed by atoms with Crippen LogP contribution in [0.1, 0.15) is 13.8 Å². The Labute approximate surface area is 107 Å². The molecule has 1 fully saturated rings. The van der Waals surface area contributed by atoms with Crippen molar-refractivity contribution < 1.29 is 19.4 Å². The average molecular weight is 258 g/mol. The molecule has 1 N–H and O–H groups in total. The van der Waals surface area contributed by atoms with Crippen LogP contribution < -0.4 is 0 Å². The number of carbonyl (C=O) groups is 2. The van der Waals surface area contributed by atoms with E-state index in [0.717, 1.165) is 0 Å². The van der Waals surface area contributed by atoms with Gasteiger partial charge in [-0.3, -0.25) is 4.79 Å². The van der Waals surface area contributed by atoms with Crippen LogP contribution in [0, 0.1) is 11.8 Å². The number of amides is 2. The lowest BCUT2D eigenvalue weighted by atomic mass is 9.99. The van der Waals surface area contributed by atoms with Crippen LogP contribution in [0.3, 0.4) is 0 Å².